The number of benzene rings is 1. The van der Waals surface area contributed by atoms with E-state index in [1.54, 1.807) is 30.0 Å². The minimum Gasteiger partial charge on any atom is -0.387 e. The summed E-state index contributed by atoms with van der Waals surface area (Å²) in [6.45, 7) is 2.05. The zero-order chi connectivity index (χ0) is 13.5. The lowest BCUT2D eigenvalue weighted by atomic mass is 10.1. The minimum atomic E-state index is -0.774. The van der Waals surface area contributed by atoms with Crippen molar-refractivity contribution in [1.29, 1.82) is 0 Å². The van der Waals surface area contributed by atoms with Crippen molar-refractivity contribution in [3.63, 3.8) is 0 Å². The van der Waals surface area contributed by atoms with Crippen molar-refractivity contribution in [2.75, 3.05) is 18.6 Å². The molecule has 2 atom stereocenters. The summed E-state index contributed by atoms with van der Waals surface area (Å²) in [7, 11) is 0. The van der Waals surface area contributed by atoms with Crippen LogP contribution in [0.25, 0.3) is 0 Å². The van der Waals surface area contributed by atoms with E-state index in [1.807, 2.05) is 19.2 Å². The van der Waals surface area contributed by atoms with Gasteiger partial charge in [-0.05, 0) is 12.3 Å². The van der Waals surface area contributed by atoms with Gasteiger partial charge in [0.25, 0.3) is 0 Å². The zero-order valence-corrected chi connectivity index (χ0v) is 12.1. The van der Waals surface area contributed by atoms with Crippen LogP contribution in [0.2, 0.25) is 5.02 Å². The quantitative estimate of drug-likeness (QED) is 0.845. The third-order valence-electron chi connectivity index (χ3n) is 2.60. The van der Waals surface area contributed by atoms with E-state index in [0.29, 0.717) is 10.6 Å². The molecule has 0 bridgehead atoms. The van der Waals surface area contributed by atoms with Crippen LogP contribution >= 0.6 is 23.4 Å². The SMILES string of the molecule is CSCC(C)C(=O)NCC(O)c1ccccc1Cl. The van der Waals surface area contributed by atoms with E-state index >= 15 is 0 Å². The molecule has 0 heterocycles. The molecule has 1 amide bonds. The highest BCUT2D eigenvalue weighted by atomic mass is 35.5. The molecule has 2 unspecified atom stereocenters. The van der Waals surface area contributed by atoms with Crippen molar-refractivity contribution < 1.29 is 9.90 Å². The monoisotopic (exact) mass is 287 g/mol. The molecule has 0 aliphatic heterocycles. The Balaban J connectivity index is 2.49. The highest BCUT2D eigenvalue weighted by molar-refractivity contribution is 7.98. The summed E-state index contributed by atoms with van der Waals surface area (Å²) in [6, 6.07) is 7.09. The molecule has 0 saturated carbocycles. The lowest BCUT2D eigenvalue weighted by Gasteiger charge is -2.15. The summed E-state index contributed by atoms with van der Waals surface area (Å²) in [4.78, 5) is 11.7. The molecule has 100 valence electrons. The molecule has 0 radical (unpaired) electrons. The Kier molecular flexibility index (Phi) is 6.54. The van der Waals surface area contributed by atoms with Gasteiger partial charge in [-0.15, -0.1) is 0 Å². The molecule has 2 N–H and O–H groups in total. The third kappa shape index (κ3) is 4.52. The molecule has 18 heavy (non-hydrogen) atoms. The van der Waals surface area contributed by atoms with Crippen LogP contribution in [-0.4, -0.2) is 29.6 Å². The maximum Gasteiger partial charge on any atom is 0.223 e. The first-order valence-electron chi connectivity index (χ1n) is 5.75. The predicted molar refractivity (Wildman–Crippen MR) is 77.0 cm³/mol. The number of carbonyl (C=O) groups excluding carboxylic acids is 1. The lowest BCUT2D eigenvalue weighted by Crippen LogP contribution is -2.33. The van der Waals surface area contributed by atoms with Crippen molar-refractivity contribution in [2.45, 2.75) is 13.0 Å². The number of carbonyl (C=O) groups is 1. The number of aliphatic hydroxyl groups is 1. The van der Waals surface area contributed by atoms with E-state index in [1.165, 1.54) is 0 Å². The average molecular weight is 288 g/mol. The van der Waals surface area contributed by atoms with E-state index in [2.05, 4.69) is 5.32 Å². The van der Waals surface area contributed by atoms with Crippen LogP contribution in [0.3, 0.4) is 0 Å². The molecule has 1 rings (SSSR count). The van der Waals surface area contributed by atoms with E-state index in [4.69, 9.17) is 11.6 Å². The van der Waals surface area contributed by atoms with Crippen molar-refractivity contribution in [3.05, 3.63) is 34.9 Å². The second-order valence-electron chi connectivity index (χ2n) is 4.14. The molecule has 0 fully saturated rings. The number of halogens is 1. The van der Waals surface area contributed by atoms with E-state index in [0.717, 1.165) is 5.75 Å². The number of nitrogens with one attached hydrogen (secondary N) is 1. The molecule has 0 saturated heterocycles. The third-order valence-corrected chi connectivity index (χ3v) is 3.78. The number of hydrogen-bond acceptors (Lipinski definition) is 3. The Morgan fingerprint density at radius 3 is 2.78 bits per heavy atom. The fourth-order valence-corrected chi connectivity index (χ4v) is 2.47. The summed E-state index contributed by atoms with van der Waals surface area (Å²) in [6.07, 6.45) is 1.19. The van der Waals surface area contributed by atoms with Crippen molar-refractivity contribution >= 4 is 29.3 Å². The van der Waals surface area contributed by atoms with Gasteiger partial charge in [-0.1, -0.05) is 36.7 Å². The Hall–Kier alpha value is -0.710. The number of hydrogen-bond donors (Lipinski definition) is 2. The molecular weight excluding hydrogens is 270 g/mol. The highest BCUT2D eigenvalue weighted by Gasteiger charge is 2.15. The summed E-state index contributed by atoms with van der Waals surface area (Å²) in [5.74, 6) is 0.669. The summed E-state index contributed by atoms with van der Waals surface area (Å²) in [5.41, 5.74) is 0.636. The normalized spacial score (nSPS) is 14.0. The number of amides is 1. The number of rotatable bonds is 6. The van der Waals surface area contributed by atoms with E-state index in [-0.39, 0.29) is 18.4 Å². The van der Waals surface area contributed by atoms with Gasteiger partial charge in [0, 0.05) is 28.8 Å². The lowest BCUT2D eigenvalue weighted by molar-refractivity contribution is -0.124. The van der Waals surface area contributed by atoms with Crippen LogP contribution < -0.4 is 5.32 Å². The molecule has 0 aliphatic carbocycles. The maximum atomic E-state index is 11.7. The smallest absolute Gasteiger partial charge is 0.223 e. The minimum absolute atomic E-state index is 0.0459. The molecule has 5 heteroatoms. The molecular formula is C13H18ClNO2S. The van der Waals surface area contributed by atoms with Crippen molar-refractivity contribution in [3.8, 4) is 0 Å². The topological polar surface area (TPSA) is 49.3 Å². The second kappa shape index (κ2) is 7.67. The molecule has 0 aliphatic rings. The van der Waals surface area contributed by atoms with Crippen LogP contribution in [0.4, 0.5) is 0 Å². The van der Waals surface area contributed by atoms with Gasteiger partial charge >= 0.3 is 0 Å². The Labute approximate surface area is 117 Å². The average Bonchev–Trinajstić information content (AvgIpc) is 2.36. The van der Waals surface area contributed by atoms with Crippen LogP contribution in [0.15, 0.2) is 24.3 Å². The molecule has 3 nitrogen and oxygen atoms in total. The first-order valence-corrected chi connectivity index (χ1v) is 7.52. The van der Waals surface area contributed by atoms with E-state index < -0.39 is 6.10 Å². The maximum absolute atomic E-state index is 11.7. The zero-order valence-electron chi connectivity index (χ0n) is 10.5. The molecule has 0 spiro atoms. The van der Waals surface area contributed by atoms with Gasteiger partial charge in [-0.25, -0.2) is 0 Å². The second-order valence-corrected chi connectivity index (χ2v) is 5.46. The first-order chi connectivity index (χ1) is 8.56. The van der Waals surface area contributed by atoms with Crippen molar-refractivity contribution in [1.82, 2.24) is 5.32 Å². The van der Waals surface area contributed by atoms with Gasteiger partial charge in [0.1, 0.15) is 0 Å². The van der Waals surface area contributed by atoms with Gasteiger partial charge in [0.15, 0.2) is 0 Å². The molecule has 0 aromatic heterocycles. The van der Waals surface area contributed by atoms with Gasteiger partial charge in [-0.3, -0.25) is 4.79 Å². The Bertz CT molecular complexity index is 400. The number of aliphatic hydroxyl groups excluding tert-OH is 1. The van der Waals surface area contributed by atoms with Gasteiger partial charge in [0.2, 0.25) is 5.91 Å². The highest BCUT2D eigenvalue weighted by Crippen LogP contribution is 2.21. The van der Waals surface area contributed by atoms with Crippen molar-refractivity contribution in [2.24, 2.45) is 5.92 Å². The standard InChI is InChI=1S/C13H18ClNO2S/c1-9(8-18-2)13(17)15-7-12(16)10-5-3-4-6-11(10)14/h3-6,9,12,16H,7-8H2,1-2H3,(H,15,17). The predicted octanol–water partition coefficient (Wildman–Crippen LogP) is 2.49. The van der Waals surface area contributed by atoms with Crippen LogP contribution in [0.1, 0.15) is 18.6 Å². The largest absolute Gasteiger partial charge is 0.387 e. The first kappa shape index (κ1) is 15.3. The fourth-order valence-electron chi connectivity index (χ4n) is 1.55. The summed E-state index contributed by atoms with van der Waals surface area (Å²) in [5, 5.41) is 13.2. The van der Waals surface area contributed by atoms with E-state index in [9.17, 15) is 9.90 Å². The summed E-state index contributed by atoms with van der Waals surface area (Å²) < 4.78 is 0. The number of thioether (sulfide) groups is 1. The fraction of sp³-hybridized carbons (Fsp3) is 0.462. The van der Waals surface area contributed by atoms with Gasteiger partial charge < -0.3 is 10.4 Å². The molecule has 1 aromatic carbocycles. The van der Waals surface area contributed by atoms with Gasteiger partial charge in [-0.2, -0.15) is 11.8 Å². The van der Waals surface area contributed by atoms with Gasteiger partial charge in [0.05, 0.1) is 6.10 Å². The summed E-state index contributed by atoms with van der Waals surface area (Å²) >= 11 is 7.60. The molecule has 1 aromatic rings. The van der Waals surface area contributed by atoms with Crippen LogP contribution in [0, 0.1) is 5.92 Å². The van der Waals surface area contributed by atoms with Crippen LogP contribution in [0.5, 0.6) is 0 Å². The van der Waals surface area contributed by atoms with Crippen LogP contribution in [-0.2, 0) is 4.79 Å². The Morgan fingerprint density at radius 2 is 2.17 bits per heavy atom. The Morgan fingerprint density at radius 1 is 1.50 bits per heavy atom.